The first-order valence-electron chi connectivity index (χ1n) is 5.60. The Morgan fingerprint density at radius 1 is 1.53 bits per heavy atom. The van der Waals surface area contributed by atoms with Crippen molar-refractivity contribution in [3.63, 3.8) is 0 Å². The first-order valence-corrected chi connectivity index (χ1v) is 5.60. The second-order valence-electron chi connectivity index (χ2n) is 4.26. The van der Waals surface area contributed by atoms with Crippen molar-refractivity contribution in [2.24, 2.45) is 5.73 Å². The van der Waals surface area contributed by atoms with Crippen molar-refractivity contribution < 1.29 is 9.72 Å². The Labute approximate surface area is 118 Å². The zero-order valence-electron chi connectivity index (χ0n) is 11.1. The summed E-state index contributed by atoms with van der Waals surface area (Å²) in [5.74, 6) is -0.189. The summed E-state index contributed by atoms with van der Waals surface area (Å²) in [7, 11) is 1.66. The van der Waals surface area contributed by atoms with Crippen molar-refractivity contribution in [1.29, 1.82) is 0 Å². The van der Waals surface area contributed by atoms with E-state index < -0.39 is 4.92 Å². The van der Waals surface area contributed by atoms with Crippen LogP contribution in [0.1, 0.15) is 22.8 Å². The monoisotopic (exact) mass is 287 g/mol. The summed E-state index contributed by atoms with van der Waals surface area (Å²) in [6.45, 7) is 3.83. The molecule has 1 amide bonds. The van der Waals surface area contributed by atoms with Crippen LogP contribution < -0.4 is 5.73 Å². The highest BCUT2D eigenvalue weighted by Crippen LogP contribution is 2.19. The third-order valence-electron chi connectivity index (χ3n) is 2.96. The van der Waals surface area contributed by atoms with Gasteiger partial charge in [-0.2, -0.15) is 0 Å². The Kier molecular flexibility index (Phi) is 6.44. The van der Waals surface area contributed by atoms with Crippen molar-refractivity contribution in [2.75, 3.05) is 13.6 Å². The van der Waals surface area contributed by atoms with Gasteiger partial charge in [-0.25, -0.2) is 0 Å². The number of aryl methyl sites for hydroxylation is 1. The van der Waals surface area contributed by atoms with Gasteiger partial charge in [-0.05, 0) is 26.0 Å². The Morgan fingerprint density at radius 2 is 2.11 bits per heavy atom. The van der Waals surface area contributed by atoms with Crippen LogP contribution in [0.3, 0.4) is 0 Å². The number of halogens is 1. The normalized spacial score (nSPS) is 11.4. The molecule has 1 unspecified atom stereocenters. The second kappa shape index (κ2) is 7.06. The zero-order valence-corrected chi connectivity index (χ0v) is 11.9. The summed E-state index contributed by atoms with van der Waals surface area (Å²) in [6, 6.07) is 4.27. The van der Waals surface area contributed by atoms with Gasteiger partial charge in [0.2, 0.25) is 0 Å². The van der Waals surface area contributed by atoms with E-state index in [1.807, 2.05) is 6.92 Å². The fourth-order valence-corrected chi connectivity index (χ4v) is 1.56. The summed E-state index contributed by atoms with van der Waals surface area (Å²) in [5, 5.41) is 10.7. The van der Waals surface area contributed by atoms with Crippen LogP contribution in [0.4, 0.5) is 5.69 Å². The lowest BCUT2D eigenvalue weighted by Crippen LogP contribution is -2.39. The van der Waals surface area contributed by atoms with Crippen molar-refractivity contribution >= 4 is 24.0 Å². The maximum Gasteiger partial charge on any atom is 0.272 e. The average molecular weight is 288 g/mol. The molecule has 0 fully saturated rings. The predicted molar refractivity (Wildman–Crippen MR) is 75.7 cm³/mol. The van der Waals surface area contributed by atoms with Gasteiger partial charge >= 0.3 is 0 Å². The minimum atomic E-state index is -0.462. The SMILES string of the molecule is Cc1cc(C(=O)N(C)C(C)CN)ccc1[N+](=O)[O-].Cl. The number of carbonyl (C=O) groups is 1. The topological polar surface area (TPSA) is 89.5 Å². The van der Waals surface area contributed by atoms with Crippen molar-refractivity contribution in [2.45, 2.75) is 19.9 Å². The van der Waals surface area contributed by atoms with Crippen LogP contribution in [0.2, 0.25) is 0 Å². The third-order valence-corrected chi connectivity index (χ3v) is 2.96. The lowest BCUT2D eigenvalue weighted by molar-refractivity contribution is -0.385. The molecule has 1 rings (SSSR count). The van der Waals surface area contributed by atoms with Gasteiger partial charge in [0.1, 0.15) is 0 Å². The zero-order chi connectivity index (χ0) is 13.9. The van der Waals surface area contributed by atoms with Crippen LogP contribution >= 0.6 is 12.4 Å². The van der Waals surface area contributed by atoms with E-state index in [2.05, 4.69) is 0 Å². The van der Waals surface area contributed by atoms with E-state index in [0.717, 1.165) is 0 Å². The predicted octanol–water partition coefficient (Wildman–Crippen LogP) is 1.74. The number of nitro groups is 1. The Balaban J connectivity index is 0.00000324. The van der Waals surface area contributed by atoms with Crippen LogP contribution in [-0.2, 0) is 0 Å². The standard InChI is InChI=1S/C12H17N3O3.ClH/c1-8-6-10(4-5-11(8)15(17)18)12(16)14(3)9(2)7-13;/h4-6,9H,7,13H2,1-3H3;1H. The fraction of sp³-hybridized carbons (Fsp3) is 0.417. The first-order chi connectivity index (χ1) is 8.38. The second-order valence-corrected chi connectivity index (χ2v) is 4.26. The highest BCUT2D eigenvalue weighted by atomic mass is 35.5. The molecule has 1 aromatic rings. The van der Waals surface area contributed by atoms with Crippen LogP contribution in [0.5, 0.6) is 0 Å². The maximum absolute atomic E-state index is 12.1. The molecule has 7 heteroatoms. The van der Waals surface area contributed by atoms with E-state index in [0.29, 0.717) is 17.7 Å². The summed E-state index contributed by atoms with van der Waals surface area (Å²) in [6.07, 6.45) is 0. The Bertz CT molecular complexity index is 479. The maximum atomic E-state index is 12.1. The molecule has 2 N–H and O–H groups in total. The van der Waals surface area contributed by atoms with E-state index in [1.54, 1.807) is 14.0 Å². The molecular formula is C12H18ClN3O3. The molecule has 0 heterocycles. The molecule has 0 spiro atoms. The highest BCUT2D eigenvalue weighted by Gasteiger charge is 2.19. The van der Waals surface area contributed by atoms with Gasteiger partial charge in [0.25, 0.3) is 11.6 Å². The molecule has 0 aliphatic rings. The van der Waals surface area contributed by atoms with Gasteiger partial charge in [-0.15, -0.1) is 12.4 Å². The summed E-state index contributed by atoms with van der Waals surface area (Å²) in [5.41, 5.74) is 6.42. The smallest absolute Gasteiger partial charge is 0.272 e. The number of rotatable bonds is 4. The number of benzene rings is 1. The van der Waals surface area contributed by atoms with Crippen molar-refractivity contribution in [1.82, 2.24) is 4.90 Å². The van der Waals surface area contributed by atoms with Gasteiger partial charge in [0.15, 0.2) is 0 Å². The number of hydrogen-bond acceptors (Lipinski definition) is 4. The van der Waals surface area contributed by atoms with Crippen LogP contribution in [0.15, 0.2) is 18.2 Å². The number of amides is 1. The van der Waals surface area contributed by atoms with Gasteiger partial charge in [-0.1, -0.05) is 0 Å². The summed E-state index contributed by atoms with van der Waals surface area (Å²) in [4.78, 5) is 23.8. The Morgan fingerprint density at radius 3 is 2.53 bits per heavy atom. The molecule has 19 heavy (non-hydrogen) atoms. The lowest BCUT2D eigenvalue weighted by atomic mass is 10.1. The van der Waals surface area contributed by atoms with Crippen LogP contribution in [0.25, 0.3) is 0 Å². The molecule has 0 bridgehead atoms. The number of likely N-dealkylation sites (N-methyl/N-ethyl adjacent to an activating group) is 1. The summed E-state index contributed by atoms with van der Waals surface area (Å²) < 4.78 is 0. The molecule has 0 radical (unpaired) electrons. The molecule has 0 saturated carbocycles. The minimum Gasteiger partial charge on any atom is -0.338 e. The van der Waals surface area contributed by atoms with Gasteiger partial charge in [0.05, 0.1) is 4.92 Å². The van der Waals surface area contributed by atoms with Crippen molar-refractivity contribution in [3.8, 4) is 0 Å². The quantitative estimate of drug-likeness (QED) is 0.675. The number of hydrogen-bond donors (Lipinski definition) is 1. The number of nitro benzene ring substituents is 1. The summed E-state index contributed by atoms with van der Waals surface area (Å²) >= 11 is 0. The van der Waals surface area contributed by atoms with E-state index in [9.17, 15) is 14.9 Å². The van der Waals surface area contributed by atoms with E-state index >= 15 is 0 Å². The molecule has 0 saturated heterocycles. The molecular weight excluding hydrogens is 270 g/mol. The fourth-order valence-electron chi connectivity index (χ4n) is 1.56. The molecule has 0 aliphatic heterocycles. The first kappa shape index (κ1) is 17.3. The van der Waals surface area contributed by atoms with Crippen LogP contribution in [-0.4, -0.2) is 35.4 Å². The van der Waals surface area contributed by atoms with E-state index in [1.165, 1.54) is 23.1 Å². The lowest BCUT2D eigenvalue weighted by Gasteiger charge is -2.23. The van der Waals surface area contributed by atoms with Crippen LogP contribution in [0, 0.1) is 17.0 Å². The average Bonchev–Trinajstić information content (AvgIpc) is 2.35. The molecule has 1 aromatic carbocycles. The Hall–Kier alpha value is -1.66. The largest absolute Gasteiger partial charge is 0.338 e. The molecule has 6 nitrogen and oxygen atoms in total. The van der Waals surface area contributed by atoms with Gasteiger partial charge in [-0.3, -0.25) is 14.9 Å². The van der Waals surface area contributed by atoms with E-state index in [4.69, 9.17) is 5.73 Å². The van der Waals surface area contributed by atoms with E-state index in [-0.39, 0.29) is 30.0 Å². The third kappa shape index (κ3) is 3.90. The van der Waals surface area contributed by atoms with Crippen molar-refractivity contribution in [3.05, 3.63) is 39.4 Å². The number of nitrogens with zero attached hydrogens (tertiary/aromatic N) is 2. The molecule has 1 atom stereocenters. The highest BCUT2D eigenvalue weighted by molar-refractivity contribution is 5.94. The molecule has 106 valence electrons. The molecule has 0 aromatic heterocycles. The number of carbonyl (C=O) groups excluding carboxylic acids is 1. The number of nitrogens with two attached hydrogens (primary N) is 1. The molecule has 0 aliphatic carbocycles. The van der Waals surface area contributed by atoms with Gasteiger partial charge in [0, 0.05) is 36.8 Å². The minimum absolute atomic E-state index is 0. The van der Waals surface area contributed by atoms with Gasteiger partial charge < -0.3 is 10.6 Å².